The highest BCUT2D eigenvalue weighted by atomic mass is 35.5. The highest BCUT2D eigenvalue weighted by Crippen LogP contribution is 2.39. The van der Waals surface area contributed by atoms with Crippen molar-refractivity contribution in [2.45, 2.75) is 25.2 Å². The molecule has 88 valence electrons. The normalized spacial score (nSPS) is 25.9. The molecule has 0 saturated carbocycles. The monoisotopic (exact) mass is 246 g/mol. The van der Waals surface area contributed by atoms with E-state index >= 15 is 0 Å². The van der Waals surface area contributed by atoms with Gasteiger partial charge >= 0.3 is 6.18 Å². The van der Waals surface area contributed by atoms with Gasteiger partial charge in [-0.3, -0.25) is 5.41 Å². The summed E-state index contributed by atoms with van der Waals surface area (Å²) in [7, 11) is 0. The number of hydrazone groups is 1. The lowest BCUT2D eigenvalue weighted by atomic mass is 10.1. The summed E-state index contributed by atoms with van der Waals surface area (Å²) in [5, 5.41) is 19.6. The SMILES string of the molecule is CC1=NN(C(=N)N)C(O)(C(F)(F)F)C1.Cl. The summed E-state index contributed by atoms with van der Waals surface area (Å²) >= 11 is 0. The number of rotatable bonds is 0. The van der Waals surface area contributed by atoms with E-state index in [0.717, 1.165) is 0 Å². The Morgan fingerprint density at radius 1 is 1.67 bits per heavy atom. The zero-order valence-corrected chi connectivity index (χ0v) is 8.48. The molecule has 1 heterocycles. The highest BCUT2D eigenvalue weighted by Gasteiger charge is 2.61. The van der Waals surface area contributed by atoms with Crippen LogP contribution in [-0.2, 0) is 0 Å². The average molecular weight is 247 g/mol. The predicted molar refractivity (Wildman–Crippen MR) is 49.7 cm³/mol. The van der Waals surface area contributed by atoms with Gasteiger partial charge < -0.3 is 10.8 Å². The first-order chi connectivity index (χ1) is 6.18. The maximum absolute atomic E-state index is 12.4. The lowest BCUT2D eigenvalue weighted by Crippen LogP contribution is -2.58. The summed E-state index contributed by atoms with van der Waals surface area (Å²) in [6.07, 6.45) is -5.60. The number of nitrogens with two attached hydrogens (primary N) is 1. The van der Waals surface area contributed by atoms with Gasteiger partial charge in [0.05, 0.1) is 0 Å². The number of halogens is 4. The van der Waals surface area contributed by atoms with Gasteiger partial charge in [-0.2, -0.15) is 23.3 Å². The van der Waals surface area contributed by atoms with Crippen molar-refractivity contribution in [3.63, 3.8) is 0 Å². The molecule has 15 heavy (non-hydrogen) atoms. The molecule has 0 aromatic rings. The van der Waals surface area contributed by atoms with Crippen molar-refractivity contribution < 1.29 is 18.3 Å². The summed E-state index contributed by atoms with van der Waals surface area (Å²) in [5.74, 6) is -0.943. The van der Waals surface area contributed by atoms with Gasteiger partial charge in [-0.1, -0.05) is 0 Å². The van der Waals surface area contributed by atoms with Crippen LogP contribution in [-0.4, -0.2) is 33.7 Å². The number of hydrogen-bond donors (Lipinski definition) is 3. The molecule has 0 spiro atoms. The van der Waals surface area contributed by atoms with Gasteiger partial charge in [-0.15, -0.1) is 12.4 Å². The third kappa shape index (κ3) is 2.15. The second-order valence-electron chi connectivity index (χ2n) is 3.02. The summed E-state index contributed by atoms with van der Waals surface area (Å²) < 4.78 is 37.2. The second kappa shape index (κ2) is 3.86. The van der Waals surface area contributed by atoms with Crippen LogP contribution in [0.1, 0.15) is 13.3 Å². The third-order valence-electron chi connectivity index (χ3n) is 1.81. The number of guanidine groups is 1. The summed E-state index contributed by atoms with van der Waals surface area (Å²) in [6.45, 7) is 1.32. The maximum Gasteiger partial charge on any atom is 0.438 e. The average Bonchev–Trinajstić information content (AvgIpc) is 2.25. The van der Waals surface area contributed by atoms with Gasteiger partial charge in [0.1, 0.15) is 0 Å². The Bertz CT molecular complexity index is 305. The van der Waals surface area contributed by atoms with Crippen LogP contribution >= 0.6 is 12.4 Å². The lowest BCUT2D eigenvalue weighted by molar-refractivity contribution is -0.295. The van der Waals surface area contributed by atoms with Gasteiger partial charge in [-0.05, 0) is 6.92 Å². The molecule has 0 amide bonds. The van der Waals surface area contributed by atoms with Crippen LogP contribution in [0.4, 0.5) is 13.2 Å². The van der Waals surface area contributed by atoms with Crippen molar-refractivity contribution in [2.75, 3.05) is 0 Å². The van der Waals surface area contributed by atoms with E-state index < -0.39 is 24.3 Å². The molecule has 9 heteroatoms. The molecule has 0 bridgehead atoms. The van der Waals surface area contributed by atoms with E-state index in [-0.39, 0.29) is 23.1 Å². The molecule has 1 unspecified atom stereocenters. The van der Waals surface area contributed by atoms with Crippen molar-refractivity contribution in [3.8, 4) is 0 Å². The summed E-state index contributed by atoms with van der Waals surface area (Å²) in [6, 6.07) is 0. The first-order valence-electron chi connectivity index (χ1n) is 3.66. The molecule has 0 aromatic carbocycles. The lowest BCUT2D eigenvalue weighted by Gasteiger charge is -2.32. The Morgan fingerprint density at radius 2 is 2.13 bits per heavy atom. The molecule has 0 fully saturated rings. The van der Waals surface area contributed by atoms with E-state index in [1.54, 1.807) is 0 Å². The van der Waals surface area contributed by atoms with Gasteiger partial charge in [0.15, 0.2) is 0 Å². The maximum atomic E-state index is 12.4. The van der Waals surface area contributed by atoms with Crippen molar-refractivity contribution >= 4 is 24.1 Å². The molecule has 1 rings (SSSR count). The highest BCUT2D eigenvalue weighted by molar-refractivity contribution is 5.88. The van der Waals surface area contributed by atoms with E-state index in [4.69, 9.17) is 11.1 Å². The standard InChI is InChI=1S/C6H9F3N4O.ClH/c1-3-2-5(14,6(7,8)9)13(12-3)4(10)11;/h14H,2H2,1H3,(H3,10,11);1H. The van der Waals surface area contributed by atoms with Crippen LogP contribution < -0.4 is 5.73 Å². The molecule has 5 nitrogen and oxygen atoms in total. The van der Waals surface area contributed by atoms with Crippen LogP contribution in [0.2, 0.25) is 0 Å². The molecule has 0 radical (unpaired) electrons. The summed E-state index contributed by atoms with van der Waals surface area (Å²) in [5.41, 5.74) is 1.77. The van der Waals surface area contributed by atoms with E-state index in [9.17, 15) is 18.3 Å². The Morgan fingerprint density at radius 3 is 2.40 bits per heavy atom. The Labute approximate surface area is 89.7 Å². The molecule has 1 aliphatic heterocycles. The Hall–Kier alpha value is -1.02. The van der Waals surface area contributed by atoms with Crippen LogP contribution in [0.5, 0.6) is 0 Å². The van der Waals surface area contributed by atoms with Gasteiger partial charge in [0.25, 0.3) is 5.72 Å². The molecule has 0 aliphatic carbocycles. The molecule has 1 aliphatic rings. The molecule has 0 aromatic heterocycles. The number of alkyl halides is 3. The van der Waals surface area contributed by atoms with Crippen LogP contribution in [0.15, 0.2) is 5.10 Å². The quantitative estimate of drug-likeness (QED) is 0.433. The van der Waals surface area contributed by atoms with Crippen molar-refractivity contribution in [3.05, 3.63) is 0 Å². The molecule has 1 atom stereocenters. The Kier molecular flexibility index (Phi) is 3.59. The zero-order chi connectivity index (χ0) is 11.1. The van der Waals surface area contributed by atoms with Crippen molar-refractivity contribution in [1.29, 1.82) is 5.41 Å². The topological polar surface area (TPSA) is 85.7 Å². The predicted octanol–water partition coefficient (Wildman–Crippen LogP) is 0.634. The van der Waals surface area contributed by atoms with Crippen molar-refractivity contribution in [2.24, 2.45) is 10.8 Å². The second-order valence-corrected chi connectivity index (χ2v) is 3.02. The van der Waals surface area contributed by atoms with Crippen LogP contribution in [0.3, 0.4) is 0 Å². The number of hydrogen-bond acceptors (Lipinski definition) is 3. The zero-order valence-electron chi connectivity index (χ0n) is 7.67. The third-order valence-corrected chi connectivity index (χ3v) is 1.81. The molecular formula is C6H10ClF3N4O. The number of nitrogens with one attached hydrogen (secondary N) is 1. The van der Waals surface area contributed by atoms with Gasteiger partial charge in [0, 0.05) is 12.1 Å². The minimum atomic E-state index is -4.90. The first kappa shape index (κ1) is 14.0. The van der Waals surface area contributed by atoms with Crippen molar-refractivity contribution in [1.82, 2.24) is 5.01 Å². The van der Waals surface area contributed by atoms with Gasteiger partial charge in [-0.25, -0.2) is 0 Å². The molecular weight excluding hydrogens is 237 g/mol. The van der Waals surface area contributed by atoms with Crippen LogP contribution in [0.25, 0.3) is 0 Å². The minimum Gasteiger partial charge on any atom is -0.368 e. The van der Waals surface area contributed by atoms with E-state index in [1.165, 1.54) is 6.92 Å². The largest absolute Gasteiger partial charge is 0.438 e. The Balaban J connectivity index is 0.00000196. The molecule has 0 saturated heterocycles. The fraction of sp³-hybridized carbons (Fsp3) is 0.667. The number of nitrogens with zero attached hydrogens (tertiary/aromatic N) is 2. The van der Waals surface area contributed by atoms with E-state index in [0.29, 0.717) is 0 Å². The van der Waals surface area contributed by atoms with E-state index in [2.05, 4.69) is 5.10 Å². The molecule has 4 N–H and O–H groups in total. The summed E-state index contributed by atoms with van der Waals surface area (Å²) in [4.78, 5) is 0. The smallest absolute Gasteiger partial charge is 0.368 e. The fourth-order valence-corrected chi connectivity index (χ4v) is 1.19. The minimum absolute atomic E-state index is 0. The van der Waals surface area contributed by atoms with Crippen LogP contribution in [0, 0.1) is 5.41 Å². The fourth-order valence-electron chi connectivity index (χ4n) is 1.19. The number of aliphatic hydroxyl groups is 1. The van der Waals surface area contributed by atoms with Gasteiger partial charge in [0.2, 0.25) is 5.96 Å². The first-order valence-corrected chi connectivity index (χ1v) is 3.66. The van der Waals surface area contributed by atoms with E-state index in [1.807, 2.05) is 0 Å².